The van der Waals surface area contributed by atoms with Crippen LogP contribution in [0, 0.1) is 0 Å². The van der Waals surface area contributed by atoms with Gasteiger partial charge >= 0.3 is 5.97 Å². The summed E-state index contributed by atoms with van der Waals surface area (Å²) in [4.78, 5) is 38.8. The molecule has 1 N–H and O–H groups in total. The zero-order valence-electron chi connectivity index (χ0n) is 12.3. The maximum atomic E-state index is 12.9. The van der Waals surface area contributed by atoms with Crippen LogP contribution >= 0.6 is 11.3 Å². The Hall–Kier alpha value is -2.47. The van der Waals surface area contributed by atoms with Gasteiger partial charge in [0.2, 0.25) is 11.8 Å². The van der Waals surface area contributed by atoms with Gasteiger partial charge in [0.05, 0.1) is 18.4 Å². The lowest BCUT2D eigenvalue weighted by Crippen LogP contribution is -2.39. The summed E-state index contributed by atoms with van der Waals surface area (Å²) in [5.74, 6) is -1.84. The monoisotopic (exact) mass is 329 g/mol. The molecule has 6 heteroatoms. The van der Waals surface area contributed by atoms with E-state index in [-0.39, 0.29) is 25.3 Å². The summed E-state index contributed by atoms with van der Waals surface area (Å²) in [6.07, 6.45) is -0.490. The van der Waals surface area contributed by atoms with E-state index in [1.165, 1.54) is 16.2 Å². The highest BCUT2D eigenvalue weighted by molar-refractivity contribution is 7.09. The quantitative estimate of drug-likeness (QED) is 0.855. The number of aliphatic carboxylic acids is 1. The molecule has 118 valence electrons. The van der Waals surface area contributed by atoms with Crippen LogP contribution in [-0.4, -0.2) is 27.8 Å². The predicted octanol–water partition coefficient (Wildman–Crippen LogP) is 2.42. The Bertz CT molecular complexity index is 741. The third-order valence-corrected chi connectivity index (χ3v) is 4.94. The number of carboxylic acids is 1. The molecular formula is C17H15NO4S. The molecule has 0 spiro atoms. The van der Waals surface area contributed by atoms with Crippen LogP contribution in [0.15, 0.2) is 47.8 Å². The number of amides is 2. The largest absolute Gasteiger partial charge is 0.481 e. The Morgan fingerprint density at radius 3 is 2.52 bits per heavy atom. The fourth-order valence-electron chi connectivity index (χ4n) is 3.00. The number of likely N-dealkylation sites (tertiary alicyclic amines) is 1. The van der Waals surface area contributed by atoms with E-state index in [2.05, 4.69) is 0 Å². The molecule has 0 saturated carbocycles. The van der Waals surface area contributed by atoms with Gasteiger partial charge in [-0.3, -0.25) is 19.3 Å². The average molecular weight is 329 g/mol. The van der Waals surface area contributed by atoms with E-state index in [1.807, 2.05) is 17.5 Å². The minimum absolute atomic E-state index is 0.104. The summed E-state index contributed by atoms with van der Waals surface area (Å²) in [5.41, 5.74) is -0.726. The number of nitrogens with zero attached hydrogens (tertiary/aromatic N) is 1. The van der Waals surface area contributed by atoms with Crippen LogP contribution < -0.4 is 0 Å². The van der Waals surface area contributed by atoms with Gasteiger partial charge in [0, 0.05) is 11.3 Å². The summed E-state index contributed by atoms with van der Waals surface area (Å²) >= 11 is 1.46. The van der Waals surface area contributed by atoms with Crippen molar-refractivity contribution < 1.29 is 19.5 Å². The van der Waals surface area contributed by atoms with Crippen molar-refractivity contribution in [2.75, 3.05) is 0 Å². The van der Waals surface area contributed by atoms with Crippen molar-refractivity contribution in [3.8, 4) is 0 Å². The van der Waals surface area contributed by atoms with Gasteiger partial charge in [-0.15, -0.1) is 11.3 Å². The number of carbonyl (C=O) groups excluding carboxylic acids is 2. The second-order valence-corrected chi connectivity index (χ2v) is 6.59. The Balaban J connectivity index is 1.99. The Labute approximate surface area is 137 Å². The molecular weight excluding hydrogens is 314 g/mol. The number of benzene rings is 1. The van der Waals surface area contributed by atoms with E-state index in [0.29, 0.717) is 5.56 Å². The Morgan fingerprint density at radius 2 is 1.91 bits per heavy atom. The first-order chi connectivity index (χ1) is 11.0. The zero-order valence-corrected chi connectivity index (χ0v) is 13.1. The standard InChI is InChI=1S/C17H15NO4S/c19-14-9-17(10-15(20)21,12-5-2-1-3-6-12)16(22)18(14)11-13-7-4-8-23-13/h1-8H,9-11H2,(H,20,21)/t17-/m1/s1. The van der Waals surface area contributed by atoms with E-state index in [9.17, 15) is 19.5 Å². The number of carbonyl (C=O) groups is 3. The molecule has 1 aliphatic heterocycles. The maximum Gasteiger partial charge on any atom is 0.304 e. The van der Waals surface area contributed by atoms with Gasteiger partial charge in [-0.05, 0) is 17.0 Å². The molecule has 1 aliphatic rings. The predicted molar refractivity (Wildman–Crippen MR) is 84.9 cm³/mol. The molecule has 5 nitrogen and oxygen atoms in total. The third-order valence-electron chi connectivity index (χ3n) is 4.08. The lowest BCUT2D eigenvalue weighted by molar-refractivity contribution is -0.145. The highest BCUT2D eigenvalue weighted by Crippen LogP contribution is 2.40. The number of hydrogen-bond donors (Lipinski definition) is 1. The van der Waals surface area contributed by atoms with Crippen molar-refractivity contribution in [2.24, 2.45) is 0 Å². The number of rotatable bonds is 5. The van der Waals surface area contributed by atoms with Crippen molar-refractivity contribution in [3.05, 3.63) is 58.3 Å². The molecule has 1 aromatic carbocycles. The fourth-order valence-corrected chi connectivity index (χ4v) is 3.69. The first-order valence-electron chi connectivity index (χ1n) is 7.17. The summed E-state index contributed by atoms with van der Waals surface area (Å²) in [5, 5.41) is 11.1. The molecule has 1 aromatic heterocycles. The zero-order chi connectivity index (χ0) is 16.4. The molecule has 23 heavy (non-hydrogen) atoms. The number of thiophene rings is 1. The number of carboxylic acid groups (broad SMARTS) is 1. The normalized spacial score (nSPS) is 21.0. The summed E-state index contributed by atoms with van der Waals surface area (Å²) < 4.78 is 0. The van der Waals surface area contributed by atoms with E-state index in [4.69, 9.17) is 0 Å². The smallest absolute Gasteiger partial charge is 0.304 e. The highest BCUT2D eigenvalue weighted by atomic mass is 32.1. The second kappa shape index (κ2) is 5.96. The van der Waals surface area contributed by atoms with Gasteiger partial charge in [-0.25, -0.2) is 0 Å². The molecule has 0 radical (unpaired) electrons. The molecule has 1 fully saturated rings. The highest BCUT2D eigenvalue weighted by Gasteiger charge is 2.53. The van der Waals surface area contributed by atoms with Crippen LogP contribution in [0.4, 0.5) is 0 Å². The van der Waals surface area contributed by atoms with Gasteiger partial charge in [-0.1, -0.05) is 36.4 Å². The topological polar surface area (TPSA) is 74.7 Å². The van der Waals surface area contributed by atoms with E-state index in [0.717, 1.165) is 4.88 Å². The lowest BCUT2D eigenvalue weighted by Gasteiger charge is -2.25. The summed E-state index contributed by atoms with van der Waals surface area (Å²) in [6.45, 7) is 0.198. The molecule has 1 saturated heterocycles. The summed E-state index contributed by atoms with van der Waals surface area (Å²) in [6, 6.07) is 12.4. The second-order valence-electron chi connectivity index (χ2n) is 5.56. The molecule has 0 unspecified atom stereocenters. The van der Waals surface area contributed by atoms with Crippen molar-refractivity contribution >= 4 is 29.1 Å². The maximum absolute atomic E-state index is 12.9. The molecule has 0 aliphatic carbocycles. The third kappa shape index (κ3) is 2.77. The molecule has 2 aromatic rings. The average Bonchev–Trinajstić information content (AvgIpc) is 3.11. The van der Waals surface area contributed by atoms with Crippen LogP contribution in [0.2, 0.25) is 0 Å². The Morgan fingerprint density at radius 1 is 1.17 bits per heavy atom. The van der Waals surface area contributed by atoms with Crippen LogP contribution in [-0.2, 0) is 26.3 Å². The first kappa shape index (κ1) is 15.4. The van der Waals surface area contributed by atoms with Gasteiger partial charge in [0.1, 0.15) is 0 Å². The minimum Gasteiger partial charge on any atom is -0.481 e. The number of imide groups is 1. The lowest BCUT2D eigenvalue weighted by atomic mass is 9.76. The first-order valence-corrected chi connectivity index (χ1v) is 8.05. The molecule has 0 bridgehead atoms. The molecule has 3 rings (SSSR count). The van der Waals surface area contributed by atoms with Crippen LogP contribution in [0.3, 0.4) is 0 Å². The number of hydrogen-bond acceptors (Lipinski definition) is 4. The van der Waals surface area contributed by atoms with E-state index in [1.54, 1.807) is 30.3 Å². The van der Waals surface area contributed by atoms with Gasteiger partial charge < -0.3 is 5.11 Å². The molecule has 2 heterocycles. The fraction of sp³-hybridized carbons (Fsp3) is 0.235. The van der Waals surface area contributed by atoms with Crippen LogP contribution in [0.5, 0.6) is 0 Å². The van der Waals surface area contributed by atoms with Gasteiger partial charge in [0.25, 0.3) is 0 Å². The molecule has 1 atom stereocenters. The Kier molecular flexibility index (Phi) is 4.00. The van der Waals surface area contributed by atoms with Gasteiger partial charge in [0.15, 0.2) is 0 Å². The molecule has 2 amide bonds. The van der Waals surface area contributed by atoms with Gasteiger partial charge in [-0.2, -0.15) is 0 Å². The van der Waals surface area contributed by atoms with Crippen LogP contribution in [0.1, 0.15) is 23.3 Å². The van der Waals surface area contributed by atoms with Crippen molar-refractivity contribution in [1.82, 2.24) is 4.90 Å². The van der Waals surface area contributed by atoms with Crippen molar-refractivity contribution in [1.29, 1.82) is 0 Å². The van der Waals surface area contributed by atoms with E-state index < -0.39 is 17.3 Å². The van der Waals surface area contributed by atoms with E-state index >= 15 is 0 Å². The van der Waals surface area contributed by atoms with Crippen molar-refractivity contribution in [2.45, 2.75) is 24.8 Å². The van der Waals surface area contributed by atoms with Crippen molar-refractivity contribution in [3.63, 3.8) is 0 Å². The SMILES string of the molecule is O=C(O)C[C@@]1(c2ccccc2)CC(=O)N(Cc2cccs2)C1=O. The summed E-state index contributed by atoms with van der Waals surface area (Å²) in [7, 11) is 0. The minimum atomic E-state index is -1.30. The van der Waals surface area contributed by atoms with Crippen LogP contribution in [0.25, 0.3) is 0 Å².